The summed E-state index contributed by atoms with van der Waals surface area (Å²) in [5, 5.41) is 2.93. The number of nitrogens with zero attached hydrogens (tertiary/aromatic N) is 1. The molecule has 0 radical (unpaired) electrons. The molecule has 1 saturated heterocycles. The number of carbonyl (C=O) groups excluding carboxylic acids is 1. The molecule has 2 rings (SSSR count). The number of nitrogens with one attached hydrogen (secondary N) is 1. The SMILES string of the molecule is CNC1CCCN(c2ccc(OC(F)(F)F)c(Br)c2)C1=O. The molecule has 1 aromatic rings. The number of rotatable bonds is 3. The van der Waals surface area contributed by atoms with E-state index < -0.39 is 6.36 Å². The van der Waals surface area contributed by atoms with Crippen molar-refractivity contribution in [2.75, 3.05) is 18.5 Å². The first-order valence-corrected chi connectivity index (χ1v) is 7.15. The summed E-state index contributed by atoms with van der Waals surface area (Å²) in [6.45, 7) is 0.545. The molecular weight excluding hydrogens is 353 g/mol. The van der Waals surface area contributed by atoms with Crippen LogP contribution in [0.4, 0.5) is 18.9 Å². The Bertz CT molecular complexity index is 537. The Kier molecular flexibility index (Phi) is 4.77. The lowest BCUT2D eigenvalue weighted by Gasteiger charge is -2.32. The van der Waals surface area contributed by atoms with E-state index in [0.717, 1.165) is 12.8 Å². The summed E-state index contributed by atoms with van der Waals surface area (Å²) >= 11 is 3.04. The summed E-state index contributed by atoms with van der Waals surface area (Å²) in [6, 6.07) is 3.84. The van der Waals surface area contributed by atoms with Gasteiger partial charge in [-0.15, -0.1) is 13.2 Å². The molecule has 8 heteroatoms. The molecule has 1 atom stereocenters. The predicted octanol–water partition coefficient (Wildman–Crippen LogP) is 3.06. The van der Waals surface area contributed by atoms with Crippen LogP contribution in [-0.4, -0.2) is 31.9 Å². The van der Waals surface area contributed by atoms with Gasteiger partial charge in [0.15, 0.2) is 0 Å². The minimum Gasteiger partial charge on any atom is -0.405 e. The third-order valence-corrected chi connectivity index (χ3v) is 3.86. The van der Waals surface area contributed by atoms with Gasteiger partial charge in [0.25, 0.3) is 0 Å². The van der Waals surface area contributed by atoms with Crippen molar-refractivity contribution in [2.24, 2.45) is 0 Å². The number of piperidine rings is 1. The van der Waals surface area contributed by atoms with E-state index >= 15 is 0 Å². The molecule has 116 valence electrons. The van der Waals surface area contributed by atoms with Crippen LogP contribution in [0, 0.1) is 0 Å². The fourth-order valence-electron chi connectivity index (χ4n) is 2.26. The van der Waals surface area contributed by atoms with Gasteiger partial charge in [0.05, 0.1) is 10.5 Å². The van der Waals surface area contributed by atoms with Crippen molar-refractivity contribution in [1.29, 1.82) is 0 Å². The van der Waals surface area contributed by atoms with E-state index in [4.69, 9.17) is 0 Å². The average molecular weight is 367 g/mol. The molecule has 1 aliphatic rings. The van der Waals surface area contributed by atoms with Crippen LogP contribution in [-0.2, 0) is 4.79 Å². The summed E-state index contributed by atoms with van der Waals surface area (Å²) in [7, 11) is 1.71. The molecule has 1 unspecified atom stereocenters. The standard InChI is InChI=1S/C13H14BrF3N2O2/c1-18-10-3-2-6-19(12(10)20)8-4-5-11(9(14)7-8)21-13(15,16)17/h4-5,7,10,18H,2-3,6H2,1H3. The minimum atomic E-state index is -4.75. The van der Waals surface area contributed by atoms with Crippen LogP contribution in [0.25, 0.3) is 0 Å². The van der Waals surface area contributed by atoms with E-state index in [9.17, 15) is 18.0 Å². The zero-order valence-corrected chi connectivity index (χ0v) is 12.8. The average Bonchev–Trinajstić information content (AvgIpc) is 2.40. The summed E-state index contributed by atoms with van der Waals surface area (Å²) < 4.78 is 40.7. The van der Waals surface area contributed by atoms with Gasteiger partial charge in [-0.1, -0.05) is 0 Å². The van der Waals surface area contributed by atoms with Crippen molar-refractivity contribution in [3.05, 3.63) is 22.7 Å². The van der Waals surface area contributed by atoms with Crippen molar-refractivity contribution >= 4 is 27.5 Å². The Labute approximate surface area is 128 Å². The molecule has 0 saturated carbocycles. The highest BCUT2D eigenvalue weighted by molar-refractivity contribution is 9.10. The minimum absolute atomic E-state index is 0.0832. The summed E-state index contributed by atoms with van der Waals surface area (Å²) in [6.07, 6.45) is -3.17. The van der Waals surface area contributed by atoms with Gasteiger partial charge in [-0.25, -0.2) is 0 Å². The highest BCUT2D eigenvalue weighted by Crippen LogP contribution is 2.34. The molecule has 21 heavy (non-hydrogen) atoms. The van der Waals surface area contributed by atoms with Crippen LogP contribution in [0.5, 0.6) is 5.75 Å². The van der Waals surface area contributed by atoms with Gasteiger partial charge in [0.1, 0.15) is 5.75 Å². The molecule has 1 aromatic carbocycles. The van der Waals surface area contributed by atoms with Crippen molar-refractivity contribution in [1.82, 2.24) is 5.32 Å². The van der Waals surface area contributed by atoms with E-state index in [1.54, 1.807) is 11.9 Å². The Hall–Kier alpha value is -1.28. The van der Waals surface area contributed by atoms with Crippen molar-refractivity contribution in [3.8, 4) is 5.75 Å². The predicted molar refractivity (Wildman–Crippen MR) is 75.3 cm³/mol. The van der Waals surface area contributed by atoms with Crippen molar-refractivity contribution in [2.45, 2.75) is 25.2 Å². The van der Waals surface area contributed by atoms with Crippen LogP contribution in [0.15, 0.2) is 22.7 Å². The molecule has 0 aliphatic carbocycles. The fourth-order valence-corrected chi connectivity index (χ4v) is 2.71. The number of halogens is 4. The summed E-state index contributed by atoms with van der Waals surface area (Å²) in [5.41, 5.74) is 0.543. The van der Waals surface area contributed by atoms with E-state index in [0.29, 0.717) is 12.2 Å². The third-order valence-electron chi connectivity index (χ3n) is 3.24. The Morgan fingerprint density at radius 3 is 2.71 bits per heavy atom. The molecule has 1 fully saturated rings. The second-order valence-corrected chi connectivity index (χ2v) is 5.49. The Morgan fingerprint density at radius 2 is 2.14 bits per heavy atom. The normalized spacial score (nSPS) is 19.8. The van der Waals surface area contributed by atoms with Gasteiger partial charge >= 0.3 is 6.36 Å². The molecule has 1 aliphatic heterocycles. The second-order valence-electron chi connectivity index (χ2n) is 4.64. The maximum absolute atomic E-state index is 12.2. The van der Waals surface area contributed by atoms with Gasteiger partial charge in [-0.05, 0) is 54.0 Å². The number of anilines is 1. The molecule has 1 N–H and O–H groups in total. The maximum atomic E-state index is 12.2. The highest BCUT2D eigenvalue weighted by atomic mass is 79.9. The van der Waals surface area contributed by atoms with E-state index in [1.165, 1.54) is 18.2 Å². The van der Waals surface area contributed by atoms with Crippen molar-refractivity contribution in [3.63, 3.8) is 0 Å². The number of benzene rings is 1. The van der Waals surface area contributed by atoms with Crippen molar-refractivity contribution < 1.29 is 22.7 Å². The molecular formula is C13H14BrF3N2O2. The van der Waals surface area contributed by atoms with Gasteiger partial charge in [0, 0.05) is 12.2 Å². The van der Waals surface area contributed by atoms with Gasteiger partial charge < -0.3 is 15.0 Å². The Balaban J connectivity index is 2.21. The zero-order chi connectivity index (χ0) is 15.6. The lowest BCUT2D eigenvalue weighted by Crippen LogP contribution is -2.49. The molecule has 0 spiro atoms. The topological polar surface area (TPSA) is 41.6 Å². The van der Waals surface area contributed by atoms with Crippen LogP contribution in [0.1, 0.15) is 12.8 Å². The van der Waals surface area contributed by atoms with Gasteiger partial charge in [-0.2, -0.15) is 0 Å². The van der Waals surface area contributed by atoms with E-state index in [1.807, 2.05) is 0 Å². The first-order chi connectivity index (χ1) is 9.81. The van der Waals surface area contributed by atoms with Gasteiger partial charge in [-0.3, -0.25) is 4.79 Å². The molecule has 0 bridgehead atoms. The quantitative estimate of drug-likeness (QED) is 0.893. The molecule has 0 aromatic heterocycles. The zero-order valence-electron chi connectivity index (χ0n) is 11.2. The summed E-state index contributed by atoms with van der Waals surface area (Å²) in [4.78, 5) is 13.8. The number of alkyl halides is 3. The second kappa shape index (κ2) is 6.23. The first-order valence-electron chi connectivity index (χ1n) is 6.36. The lowest BCUT2D eigenvalue weighted by molar-refractivity contribution is -0.274. The maximum Gasteiger partial charge on any atom is 0.573 e. The highest BCUT2D eigenvalue weighted by Gasteiger charge is 2.33. The van der Waals surface area contributed by atoms with E-state index in [2.05, 4.69) is 26.0 Å². The number of hydrogen-bond donors (Lipinski definition) is 1. The third kappa shape index (κ3) is 3.88. The number of likely N-dealkylation sites (N-methyl/N-ethyl adjacent to an activating group) is 1. The number of amides is 1. The summed E-state index contributed by atoms with van der Waals surface area (Å²) in [5.74, 6) is -0.416. The monoisotopic (exact) mass is 366 g/mol. The van der Waals surface area contributed by atoms with Crippen LogP contribution in [0.2, 0.25) is 0 Å². The lowest BCUT2D eigenvalue weighted by atomic mass is 10.0. The number of hydrogen-bond acceptors (Lipinski definition) is 3. The number of carbonyl (C=O) groups is 1. The first kappa shape index (κ1) is 16.1. The molecule has 1 amide bonds. The smallest absolute Gasteiger partial charge is 0.405 e. The van der Waals surface area contributed by atoms with E-state index in [-0.39, 0.29) is 22.2 Å². The van der Waals surface area contributed by atoms with Crippen LogP contribution in [0.3, 0.4) is 0 Å². The fraction of sp³-hybridized carbons (Fsp3) is 0.462. The Morgan fingerprint density at radius 1 is 1.43 bits per heavy atom. The van der Waals surface area contributed by atoms with Gasteiger partial charge in [0.2, 0.25) is 5.91 Å². The number of ether oxygens (including phenoxy) is 1. The molecule has 1 heterocycles. The van der Waals surface area contributed by atoms with Crippen LogP contribution < -0.4 is 15.0 Å². The molecule has 4 nitrogen and oxygen atoms in total. The van der Waals surface area contributed by atoms with Crippen LogP contribution >= 0.6 is 15.9 Å². The largest absolute Gasteiger partial charge is 0.573 e.